The first-order chi connectivity index (χ1) is 15.5. The number of nitrogens with one attached hydrogen (secondary N) is 2. The number of aliphatic hydroxyl groups is 1. The molecule has 0 saturated heterocycles. The molecule has 8 heteroatoms. The average Bonchev–Trinajstić information content (AvgIpc) is 3.19. The van der Waals surface area contributed by atoms with Crippen molar-refractivity contribution in [1.82, 2.24) is 20.2 Å². The number of hydrogen-bond acceptors (Lipinski definition) is 5. The number of nitrogens with zero attached hydrogens (tertiary/aromatic N) is 2. The van der Waals surface area contributed by atoms with Gasteiger partial charge in [0.05, 0.1) is 24.3 Å². The van der Waals surface area contributed by atoms with Crippen LogP contribution >= 0.6 is 11.8 Å². The molecule has 0 spiro atoms. The molecule has 1 heterocycles. The van der Waals surface area contributed by atoms with Gasteiger partial charge in [0.25, 0.3) is 0 Å². The number of hydrogen-bond donors (Lipinski definition) is 3. The van der Waals surface area contributed by atoms with Gasteiger partial charge in [-0.1, -0.05) is 71.9 Å². The zero-order chi connectivity index (χ0) is 22.8. The number of benzene rings is 2. The summed E-state index contributed by atoms with van der Waals surface area (Å²) < 4.78 is 1.65. The average molecular weight is 453 g/mol. The summed E-state index contributed by atoms with van der Waals surface area (Å²) in [6.45, 7) is 2.79. The van der Waals surface area contributed by atoms with Gasteiger partial charge in [0.1, 0.15) is 6.54 Å². The summed E-state index contributed by atoms with van der Waals surface area (Å²) >= 11 is 1.24. The molecule has 2 aromatic carbocycles. The first-order valence-corrected chi connectivity index (χ1v) is 11.4. The third-order valence-corrected chi connectivity index (χ3v) is 5.88. The second kappa shape index (κ2) is 12.1. The Morgan fingerprint density at radius 3 is 2.47 bits per heavy atom. The van der Waals surface area contributed by atoms with Gasteiger partial charge < -0.3 is 20.3 Å². The van der Waals surface area contributed by atoms with E-state index in [-0.39, 0.29) is 30.7 Å². The fourth-order valence-electron chi connectivity index (χ4n) is 3.08. The lowest BCUT2D eigenvalue weighted by molar-refractivity contribution is -0.122. The van der Waals surface area contributed by atoms with E-state index in [1.807, 2.05) is 61.5 Å². The van der Waals surface area contributed by atoms with Crippen LogP contribution < -0.4 is 10.6 Å². The maximum Gasteiger partial charge on any atom is 0.240 e. The molecule has 0 fully saturated rings. The van der Waals surface area contributed by atoms with Crippen molar-refractivity contribution in [3.63, 3.8) is 0 Å². The van der Waals surface area contributed by atoms with Crippen molar-refractivity contribution in [1.29, 1.82) is 0 Å². The quantitative estimate of drug-likeness (QED) is 0.389. The largest absolute Gasteiger partial charge is 0.390 e. The fraction of sp³-hybridized carbons (Fsp3) is 0.292. The molecule has 0 aliphatic heterocycles. The zero-order valence-corrected chi connectivity index (χ0v) is 18.9. The summed E-state index contributed by atoms with van der Waals surface area (Å²) in [4.78, 5) is 28.9. The Morgan fingerprint density at radius 1 is 1.00 bits per heavy atom. The van der Waals surface area contributed by atoms with E-state index in [0.29, 0.717) is 23.9 Å². The number of aliphatic hydroxyl groups excluding tert-OH is 1. The van der Waals surface area contributed by atoms with Crippen LogP contribution in [0.5, 0.6) is 0 Å². The Hall–Kier alpha value is -3.10. The van der Waals surface area contributed by atoms with Crippen LogP contribution in [0.4, 0.5) is 0 Å². The molecule has 168 valence electrons. The van der Waals surface area contributed by atoms with Crippen molar-refractivity contribution < 1.29 is 14.7 Å². The van der Waals surface area contributed by atoms with E-state index in [1.54, 1.807) is 4.57 Å². The van der Waals surface area contributed by atoms with Crippen LogP contribution in [-0.2, 0) is 35.7 Å². The molecule has 0 aliphatic rings. The number of rotatable bonds is 11. The van der Waals surface area contributed by atoms with Crippen LogP contribution in [0.25, 0.3) is 0 Å². The number of carbonyl (C=O) groups excluding carboxylic acids is 2. The highest BCUT2D eigenvalue weighted by Gasteiger charge is 2.15. The summed E-state index contributed by atoms with van der Waals surface area (Å²) in [5, 5.41) is 15.9. The van der Waals surface area contributed by atoms with Gasteiger partial charge >= 0.3 is 0 Å². The molecule has 0 radical (unpaired) electrons. The monoisotopic (exact) mass is 452 g/mol. The van der Waals surface area contributed by atoms with Crippen molar-refractivity contribution in [3.05, 3.63) is 83.2 Å². The second-order valence-corrected chi connectivity index (χ2v) is 8.36. The Kier molecular flexibility index (Phi) is 8.89. The van der Waals surface area contributed by atoms with Gasteiger partial charge in [-0.3, -0.25) is 9.59 Å². The lowest BCUT2D eigenvalue weighted by Crippen LogP contribution is -2.29. The van der Waals surface area contributed by atoms with Gasteiger partial charge in [0.2, 0.25) is 11.8 Å². The molecule has 0 aliphatic carbocycles. The summed E-state index contributed by atoms with van der Waals surface area (Å²) in [6.07, 6.45) is 2.30. The minimum atomic E-state index is -0.234. The summed E-state index contributed by atoms with van der Waals surface area (Å²) in [7, 11) is 0. The second-order valence-electron chi connectivity index (χ2n) is 7.41. The van der Waals surface area contributed by atoms with E-state index in [1.165, 1.54) is 23.5 Å². The number of imidazole rings is 1. The van der Waals surface area contributed by atoms with Crippen LogP contribution in [0.3, 0.4) is 0 Å². The number of aromatic nitrogens is 2. The standard InChI is InChI=1S/C24H28N4O3S/c1-18-7-9-20(10-8-18)13-26-22(30)15-28-21(16-29)14-27-24(28)32-17-23(31)25-12-11-19-5-3-2-4-6-19/h2-10,14,29H,11-13,15-17H2,1H3,(H,25,31)(H,26,30). The SMILES string of the molecule is Cc1ccc(CNC(=O)Cn2c(CO)cnc2SCC(=O)NCCc2ccccc2)cc1. The van der Waals surface area contributed by atoms with E-state index < -0.39 is 0 Å². The maximum absolute atomic E-state index is 12.5. The van der Waals surface area contributed by atoms with Gasteiger partial charge in [0, 0.05) is 13.1 Å². The number of amides is 2. The van der Waals surface area contributed by atoms with Crippen LogP contribution in [0.2, 0.25) is 0 Å². The molecule has 32 heavy (non-hydrogen) atoms. The minimum absolute atomic E-state index is 0.0275. The first-order valence-electron chi connectivity index (χ1n) is 10.5. The number of thioether (sulfide) groups is 1. The number of carbonyl (C=O) groups is 2. The molecule has 1 aromatic heterocycles. The summed E-state index contributed by atoms with van der Waals surface area (Å²) in [6, 6.07) is 17.9. The Bertz CT molecular complexity index is 1020. The normalized spacial score (nSPS) is 10.7. The van der Waals surface area contributed by atoms with Crippen molar-refractivity contribution in [3.8, 4) is 0 Å². The highest BCUT2D eigenvalue weighted by molar-refractivity contribution is 7.99. The molecule has 0 atom stereocenters. The Morgan fingerprint density at radius 2 is 1.75 bits per heavy atom. The van der Waals surface area contributed by atoms with Crippen molar-refractivity contribution in [2.24, 2.45) is 0 Å². The van der Waals surface area contributed by atoms with Gasteiger partial charge in [-0.05, 0) is 24.5 Å². The Labute approximate surface area is 192 Å². The van der Waals surface area contributed by atoms with Crippen molar-refractivity contribution in [2.45, 2.75) is 38.2 Å². The topological polar surface area (TPSA) is 96.2 Å². The van der Waals surface area contributed by atoms with Gasteiger partial charge in [-0.25, -0.2) is 4.98 Å². The molecule has 3 N–H and O–H groups in total. The molecule has 0 unspecified atom stereocenters. The predicted molar refractivity (Wildman–Crippen MR) is 125 cm³/mol. The minimum Gasteiger partial charge on any atom is -0.390 e. The van der Waals surface area contributed by atoms with Crippen LogP contribution in [0, 0.1) is 6.92 Å². The lowest BCUT2D eigenvalue weighted by Gasteiger charge is -2.11. The maximum atomic E-state index is 12.5. The first kappa shape index (κ1) is 23.6. The van der Waals surface area contributed by atoms with E-state index in [0.717, 1.165) is 17.5 Å². The number of aryl methyl sites for hydroxylation is 1. The van der Waals surface area contributed by atoms with E-state index >= 15 is 0 Å². The predicted octanol–water partition coefficient (Wildman–Crippen LogP) is 2.45. The van der Waals surface area contributed by atoms with Crippen molar-refractivity contribution >= 4 is 23.6 Å². The fourth-order valence-corrected chi connectivity index (χ4v) is 3.91. The van der Waals surface area contributed by atoms with Crippen LogP contribution in [0.1, 0.15) is 22.4 Å². The summed E-state index contributed by atoms with van der Waals surface area (Å²) in [5.74, 6) is -0.107. The van der Waals surface area contributed by atoms with Crippen LogP contribution in [0.15, 0.2) is 66.0 Å². The Balaban J connectivity index is 1.48. The third kappa shape index (κ3) is 7.25. The van der Waals surface area contributed by atoms with E-state index in [4.69, 9.17) is 0 Å². The molecule has 7 nitrogen and oxygen atoms in total. The molecule has 3 rings (SSSR count). The third-order valence-electron chi connectivity index (χ3n) is 4.89. The highest BCUT2D eigenvalue weighted by Crippen LogP contribution is 2.18. The van der Waals surface area contributed by atoms with Gasteiger partial charge in [0.15, 0.2) is 5.16 Å². The molecule has 2 amide bonds. The van der Waals surface area contributed by atoms with Gasteiger partial charge in [-0.15, -0.1) is 0 Å². The smallest absolute Gasteiger partial charge is 0.240 e. The van der Waals surface area contributed by atoms with Crippen LogP contribution in [-0.4, -0.2) is 38.8 Å². The van der Waals surface area contributed by atoms with Crippen molar-refractivity contribution in [2.75, 3.05) is 12.3 Å². The molecular formula is C24H28N4O3S. The molecule has 0 bridgehead atoms. The van der Waals surface area contributed by atoms with E-state index in [2.05, 4.69) is 15.6 Å². The zero-order valence-electron chi connectivity index (χ0n) is 18.1. The molecule has 0 saturated carbocycles. The molecular weight excluding hydrogens is 424 g/mol. The highest BCUT2D eigenvalue weighted by atomic mass is 32.2. The summed E-state index contributed by atoms with van der Waals surface area (Å²) in [5.41, 5.74) is 3.87. The van der Waals surface area contributed by atoms with E-state index in [9.17, 15) is 14.7 Å². The van der Waals surface area contributed by atoms with Gasteiger partial charge in [-0.2, -0.15) is 0 Å². The molecule has 3 aromatic rings. The lowest BCUT2D eigenvalue weighted by atomic mass is 10.1.